The second-order valence-corrected chi connectivity index (χ2v) is 14.6. The van der Waals surface area contributed by atoms with Crippen LogP contribution >= 0.6 is 0 Å². The van der Waals surface area contributed by atoms with Crippen molar-refractivity contribution in [3.05, 3.63) is 12.2 Å². The van der Waals surface area contributed by atoms with Gasteiger partial charge in [-0.2, -0.15) is 8.42 Å². The van der Waals surface area contributed by atoms with Crippen LogP contribution in [0.4, 0.5) is 0 Å². The van der Waals surface area contributed by atoms with Gasteiger partial charge in [0, 0.05) is 0 Å². The van der Waals surface area contributed by atoms with Gasteiger partial charge in [0.05, 0.1) is 53.0 Å². The summed E-state index contributed by atoms with van der Waals surface area (Å²) < 4.78 is 89.1. The number of sulfone groups is 3. The van der Waals surface area contributed by atoms with E-state index in [0.717, 1.165) is 6.26 Å². The molecule has 168 valence electrons. The van der Waals surface area contributed by atoms with E-state index in [1.54, 1.807) is 12.2 Å². The molecule has 2 unspecified atom stereocenters. The number of aliphatic hydroxyl groups is 1. The van der Waals surface area contributed by atoms with E-state index in [4.69, 9.17) is 5.11 Å². The van der Waals surface area contributed by atoms with Gasteiger partial charge in [-0.3, -0.25) is 4.18 Å². The third-order valence-corrected chi connectivity index (χ3v) is 9.09. The van der Waals surface area contributed by atoms with Gasteiger partial charge >= 0.3 is 51.4 Å². The predicted octanol–water partition coefficient (Wildman–Crippen LogP) is -4.89. The molecule has 2 saturated heterocycles. The van der Waals surface area contributed by atoms with Crippen LogP contribution in [0.1, 0.15) is 12.8 Å². The minimum atomic E-state index is -3.52. The molecule has 11 nitrogen and oxygen atoms in total. The number of hydrogen-bond donors (Lipinski definition) is 1. The van der Waals surface area contributed by atoms with Crippen molar-refractivity contribution in [1.29, 1.82) is 0 Å². The number of hydrogen-bond acceptors (Lipinski definition) is 11. The Kier molecular flexibility index (Phi) is 14.4. The standard InChI is InChI=1S/C5H10O5S2.C4H8O3S.C4H6O2S.K.H2O/c1-11(6,7)10-5-2-3-12(8,9)4-5;5-4-1-2-8(6,7)3-4;5-7(6)3-1-2-4-7;;/h5H,2-4H2,1H3;4-5H,1-3H2;1-2H,3-4H2;;1H2/q;;;+1;/p-1. The topological polar surface area (TPSA) is 196 Å². The average molecular weight is 525 g/mol. The zero-order valence-corrected chi connectivity index (χ0v) is 22.6. The molecule has 16 heteroatoms. The molecule has 0 spiro atoms. The fraction of sp³-hybridized carbons (Fsp3) is 0.846. The van der Waals surface area contributed by atoms with Gasteiger partial charge in [0.25, 0.3) is 10.1 Å². The Morgan fingerprint density at radius 3 is 1.52 bits per heavy atom. The monoisotopic (exact) mass is 524 g/mol. The van der Waals surface area contributed by atoms with Crippen LogP contribution in [0, 0.1) is 0 Å². The third-order valence-electron chi connectivity index (χ3n) is 3.58. The first kappa shape index (κ1) is 32.2. The van der Waals surface area contributed by atoms with Gasteiger partial charge in [0.1, 0.15) is 0 Å². The van der Waals surface area contributed by atoms with Crippen molar-refractivity contribution in [3.63, 3.8) is 0 Å². The van der Waals surface area contributed by atoms with E-state index < -0.39 is 51.8 Å². The van der Waals surface area contributed by atoms with E-state index in [2.05, 4.69) is 4.18 Å². The maximum atomic E-state index is 10.9. The molecule has 0 saturated carbocycles. The summed E-state index contributed by atoms with van der Waals surface area (Å²) in [6.45, 7) is 0. The van der Waals surface area contributed by atoms with Crippen molar-refractivity contribution in [2.45, 2.75) is 25.0 Å². The second-order valence-electron chi connectivity index (χ2n) is 6.43. The normalized spacial score (nSPS) is 27.9. The first-order valence-electron chi connectivity index (χ1n) is 7.92. The minimum absolute atomic E-state index is 0. The molecule has 2 fully saturated rings. The predicted molar refractivity (Wildman–Crippen MR) is 102 cm³/mol. The molecule has 2 atom stereocenters. The van der Waals surface area contributed by atoms with E-state index in [1.807, 2.05) is 0 Å². The summed E-state index contributed by atoms with van der Waals surface area (Å²) in [6.07, 6.45) is 3.69. The van der Waals surface area contributed by atoms with E-state index in [-0.39, 0.29) is 97.8 Å². The Morgan fingerprint density at radius 2 is 1.31 bits per heavy atom. The molecule has 0 aromatic heterocycles. The van der Waals surface area contributed by atoms with Gasteiger partial charge in [-0.15, -0.1) is 0 Å². The zero-order valence-electron chi connectivity index (χ0n) is 16.2. The van der Waals surface area contributed by atoms with Gasteiger partial charge in [0.2, 0.25) is 0 Å². The van der Waals surface area contributed by atoms with E-state index in [1.165, 1.54) is 0 Å². The van der Waals surface area contributed by atoms with Crippen LogP contribution < -0.4 is 51.4 Å². The molecular formula is C13H25KO11S4. The molecule has 2 N–H and O–H groups in total. The van der Waals surface area contributed by atoms with Crippen LogP contribution in [0.2, 0.25) is 0 Å². The molecule has 0 amide bonds. The molecule has 3 heterocycles. The second kappa shape index (κ2) is 12.9. The molecular weight excluding hydrogens is 499 g/mol. The van der Waals surface area contributed by atoms with Crippen molar-refractivity contribution in [2.75, 3.05) is 40.8 Å². The Labute approximate surface area is 214 Å². The van der Waals surface area contributed by atoms with Gasteiger partial charge in [-0.1, -0.05) is 12.2 Å². The molecule has 0 radical (unpaired) electrons. The van der Waals surface area contributed by atoms with E-state index >= 15 is 0 Å². The first-order valence-corrected chi connectivity index (χ1v) is 15.2. The van der Waals surface area contributed by atoms with Crippen molar-refractivity contribution >= 4 is 39.6 Å². The van der Waals surface area contributed by atoms with Crippen LogP contribution in [0.3, 0.4) is 0 Å². The maximum absolute atomic E-state index is 10.9. The SMILES string of the molecule is CS(=O)(=O)OC1CCS(=O)(=O)C1.O=S1(=O)CC=CC1.O=S1(=O)CCC(O)C1.[K+].[OH-]. The average Bonchev–Trinajstić information content (AvgIpc) is 3.09. The molecule has 0 aromatic rings. The Hall–Kier alpha value is 1.06. The number of aliphatic hydroxyl groups excluding tert-OH is 1. The van der Waals surface area contributed by atoms with E-state index in [9.17, 15) is 33.7 Å². The van der Waals surface area contributed by atoms with Gasteiger partial charge in [-0.05, 0) is 12.8 Å². The Morgan fingerprint density at radius 1 is 0.862 bits per heavy atom. The van der Waals surface area contributed by atoms with Crippen LogP contribution in [-0.2, 0) is 43.8 Å². The molecule has 3 aliphatic heterocycles. The summed E-state index contributed by atoms with van der Waals surface area (Å²) in [4.78, 5) is 0. The molecule has 0 aromatic carbocycles. The van der Waals surface area contributed by atoms with Gasteiger partial charge < -0.3 is 10.6 Å². The van der Waals surface area contributed by atoms with Crippen molar-refractivity contribution in [1.82, 2.24) is 0 Å². The van der Waals surface area contributed by atoms with Crippen LogP contribution in [0.15, 0.2) is 12.2 Å². The van der Waals surface area contributed by atoms with Gasteiger partial charge in [0.15, 0.2) is 29.5 Å². The summed E-state index contributed by atoms with van der Waals surface area (Å²) in [5, 5.41) is 8.69. The molecule has 3 rings (SSSR count). The number of rotatable bonds is 2. The van der Waals surface area contributed by atoms with Crippen molar-refractivity contribution in [3.8, 4) is 0 Å². The minimum Gasteiger partial charge on any atom is -0.870 e. The van der Waals surface area contributed by atoms with Crippen LogP contribution in [0.25, 0.3) is 0 Å². The maximum Gasteiger partial charge on any atom is 1.00 e. The fourth-order valence-corrected chi connectivity index (χ4v) is 7.24. The fourth-order valence-electron chi connectivity index (χ4n) is 2.36. The summed E-state index contributed by atoms with van der Waals surface area (Å²) in [6, 6.07) is 0. The summed E-state index contributed by atoms with van der Waals surface area (Å²) in [7, 11) is -12.1. The van der Waals surface area contributed by atoms with Crippen molar-refractivity contribution in [2.24, 2.45) is 0 Å². The Bertz CT molecular complexity index is 936. The largest absolute Gasteiger partial charge is 1.00 e. The van der Waals surface area contributed by atoms with Crippen LogP contribution in [-0.4, -0.2) is 97.2 Å². The summed E-state index contributed by atoms with van der Waals surface area (Å²) >= 11 is 0. The Balaban J connectivity index is 0. The summed E-state index contributed by atoms with van der Waals surface area (Å²) in [5.74, 6) is 0.453. The molecule has 0 bridgehead atoms. The first-order chi connectivity index (χ1) is 12.1. The van der Waals surface area contributed by atoms with Gasteiger partial charge in [-0.25, -0.2) is 25.3 Å². The third kappa shape index (κ3) is 15.5. The smallest absolute Gasteiger partial charge is 0.870 e. The molecule has 3 aliphatic rings. The molecule has 29 heavy (non-hydrogen) atoms. The van der Waals surface area contributed by atoms with Crippen molar-refractivity contribution < 1.29 is 99.8 Å². The van der Waals surface area contributed by atoms with Crippen LogP contribution in [0.5, 0.6) is 0 Å². The molecule has 0 aliphatic carbocycles. The zero-order chi connectivity index (χ0) is 20.9. The van der Waals surface area contributed by atoms with E-state index in [0.29, 0.717) is 6.42 Å². The quantitative estimate of drug-likeness (QED) is 0.206. The summed E-state index contributed by atoms with van der Waals surface area (Å²) in [5.41, 5.74) is 0.